The molecule has 0 radical (unpaired) electrons. The molecule has 1 N–H and O–H groups in total. The zero-order valence-corrected chi connectivity index (χ0v) is 11.0. The number of likely N-dealkylation sites (N-methyl/N-ethyl adjacent to an activating group) is 1. The summed E-state index contributed by atoms with van der Waals surface area (Å²) in [5.41, 5.74) is 0. The first-order chi connectivity index (χ1) is 7.06. The van der Waals surface area contributed by atoms with Gasteiger partial charge in [0.25, 0.3) is 0 Å². The van der Waals surface area contributed by atoms with Crippen molar-refractivity contribution in [2.45, 2.75) is 45.8 Å². The van der Waals surface area contributed by atoms with Gasteiger partial charge in [0.05, 0.1) is 12.7 Å². The Morgan fingerprint density at radius 3 is 2.40 bits per heavy atom. The SMILES string of the molecule is CCCC(CNC(C)C)OCCN(C)C. The fraction of sp³-hybridized carbons (Fsp3) is 1.00. The molecule has 1 atom stereocenters. The lowest BCUT2D eigenvalue weighted by molar-refractivity contribution is 0.0375. The highest BCUT2D eigenvalue weighted by molar-refractivity contribution is 4.64. The van der Waals surface area contributed by atoms with E-state index < -0.39 is 0 Å². The number of ether oxygens (including phenoxy) is 1. The minimum atomic E-state index is 0.373. The van der Waals surface area contributed by atoms with Crippen LogP contribution in [-0.4, -0.2) is 50.8 Å². The summed E-state index contributed by atoms with van der Waals surface area (Å²) in [4.78, 5) is 2.15. The molecule has 0 aromatic carbocycles. The average Bonchev–Trinajstić information content (AvgIpc) is 2.13. The Hall–Kier alpha value is -0.120. The predicted molar refractivity (Wildman–Crippen MR) is 66.3 cm³/mol. The molecule has 1 unspecified atom stereocenters. The van der Waals surface area contributed by atoms with Gasteiger partial charge in [-0.1, -0.05) is 27.2 Å². The number of rotatable bonds is 9. The molecule has 0 aliphatic rings. The maximum atomic E-state index is 5.84. The second kappa shape index (κ2) is 9.13. The van der Waals surface area contributed by atoms with Gasteiger partial charge < -0.3 is 15.0 Å². The minimum Gasteiger partial charge on any atom is -0.376 e. The van der Waals surface area contributed by atoms with E-state index in [1.54, 1.807) is 0 Å². The third-order valence-electron chi connectivity index (χ3n) is 2.26. The molecule has 15 heavy (non-hydrogen) atoms. The van der Waals surface area contributed by atoms with Crippen LogP contribution >= 0.6 is 0 Å². The molecular weight excluding hydrogens is 188 g/mol. The summed E-state index contributed by atoms with van der Waals surface area (Å²) in [6.45, 7) is 9.35. The largest absolute Gasteiger partial charge is 0.376 e. The van der Waals surface area contributed by atoms with Crippen molar-refractivity contribution in [2.24, 2.45) is 0 Å². The van der Waals surface area contributed by atoms with Gasteiger partial charge in [-0.3, -0.25) is 0 Å². The van der Waals surface area contributed by atoms with E-state index in [2.05, 4.69) is 45.1 Å². The van der Waals surface area contributed by atoms with Gasteiger partial charge in [0, 0.05) is 19.1 Å². The third-order valence-corrected chi connectivity index (χ3v) is 2.26. The van der Waals surface area contributed by atoms with E-state index in [1.165, 1.54) is 6.42 Å². The van der Waals surface area contributed by atoms with Crippen LogP contribution in [0.2, 0.25) is 0 Å². The molecule has 0 aromatic rings. The molecule has 0 bridgehead atoms. The van der Waals surface area contributed by atoms with Crippen molar-refractivity contribution in [3.63, 3.8) is 0 Å². The molecule has 0 saturated heterocycles. The summed E-state index contributed by atoms with van der Waals surface area (Å²) in [6.07, 6.45) is 2.71. The summed E-state index contributed by atoms with van der Waals surface area (Å²) < 4.78 is 5.84. The van der Waals surface area contributed by atoms with Gasteiger partial charge in [-0.05, 0) is 20.5 Å². The molecular formula is C12H28N2O. The van der Waals surface area contributed by atoms with Gasteiger partial charge in [-0.15, -0.1) is 0 Å². The van der Waals surface area contributed by atoms with Crippen LogP contribution in [0.1, 0.15) is 33.6 Å². The van der Waals surface area contributed by atoms with Crippen LogP contribution in [0, 0.1) is 0 Å². The van der Waals surface area contributed by atoms with Crippen molar-refractivity contribution in [1.82, 2.24) is 10.2 Å². The summed E-state index contributed by atoms with van der Waals surface area (Å²) >= 11 is 0. The van der Waals surface area contributed by atoms with Crippen LogP contribution in [0.25, 0.3) is 0 Å². The highest BCUT2D eigenvalue weighted by Crippen LogP contribution is 2.01. The Balaban J connectivity index is 3.62. The number of hydrogen-bond donors (Lipinski definition) is 1. The highest BCUT2D eigenvalue weighted by atomic mass is 16.5. The van der Waals surface area contributed by atoms with Crippen molar-refractivity contribution in [3.8, 4) is 0 Å². The highest BCUT2D eigenvalue weighted by Gasteiger charge is 2.08. The van der Waals surface area contributed by atoms with Gasteiger partial charge in [-0.25, -0.2) is 0 Å². The Labute approximate surface area is 95.2 Å². The van der Waals surface area contributed by atoms with E-state index in [9.17, 15) is 0 Å². The lowest BCUT2D eigenvalue weighted by atomic mass is 10.2. The normalized spacial score (nSPS) is 13.8. The predicted octanol–water partition coefficient (Wildman–Crippen LogP) is 1.73. The van der Waals surface area contributed by atoms with E-state index >= 15 is 0 Å². The summed E-state index contributed by atoms with van der Waals surface area (Å²) in [5, 5.41) is 3.43. The second-order valence-corrected chi connectivity index (χ2v) is 4.65. The molecule has 0 fully saturated rings. The minimum absolute atomic E-state index is 0.373. The quantitative estimate of drug-likeness (QED) is 0.635. The van der Waals surface area contributed by atoms with Crippen molar-refractivity contribution in [2.75, 3.05) is 33.8 Å². The zero-order valence-electron chi connectivity index (χ0n) is 11.0. The summed E-state index contributed by atoms with van der Waals surface area (Å²) in [7, 11) is 4.15. The monoisotopic (exact) mass is 216 g/mol. The van der Waals surface area contributed by atoms with Crippen LogP contribution in [0.3, 0.4) is 0 Å². The molecule has 3 nitrogen and oxygen atoms in total. The molecule has 0 aliphatic heterocycles. The number of nitrogens with zero attached hydrogens (tertiary/aromatic N) is 1. The first-order valence-corrected chi connectivity index (χ1v) is 6.06. The standard InChI is InChI=1S/C12H28N2O/c1-6-7-12(10-13-11(2)3)15-9-8-14(4)5/h11-13H,6-10H2,1-5H3. The van der Waals surface area contributed by atoms with E-state index in [0.29, 0.717) is 12.1 Å². The van der Waals surface area contributed by atoms with Crippen molar-refractivity contribution >= 4 is 0 Å². The fourth-order valence-electron chi connectivity index (χ4n) is 1.34. The lowest BCUT2D eigenvalue weighted by Crippen LogP contribution is -2.34. The van der Waals surface area contributed by atoms with E-state index in [-0.39, 0.29) is 0 Å². The van der Waals surface area contributed by atoms with Gasteiger partial charge >= 0.3 is 0 Å². The number of hydrogen-bond acceptors (Lipinski definition) is 3. The topological polar surface area (TPSA) is 24.5 Å². The van der Waals surface area contributed by atoms with Gasteiger partial charge in [0.15, 0.2) is 0 Å². The summed E-state index contributed by atoms with van der Waals surface area (Å²) in [5.74, 6) is 0. The van der Waals surface area contributed by atoms with Gasteiger partial charge in [-0.2, -0.15) is 0 Å². The Morgan fingerprint density at radius 2 is 1.93 bits per heavy atom. The third kappa shape index (κ3) is 10.2. The smallest absolute Gasteiger partial charge is 0.0700 e. The van der Waals surface area contributed by atoms with Gasteiger partial charge in [0.1, 0.15) is 0 Å². The van der Waals surface area contributed by atoms with E-state index in [1.807, 2.05) is 0 Å². The Bertz CT molecular complexity index is 138. The molecule has 0 spiro atoms. The Morgan fingerprint density at radius 1 is 1.27 bits per heavy atom. The maximum absolute atomic E-state index is 5.84. The van der Waals surface area contributed by atoms with Crippen LogP contribution < -0.4 is 5.32 Å². The molecule has 0 saturated carbocycles. The fourth-order valence-corrected chi connectivity index (χ4v) is 1.34. The van der Waals surface area contributed by atoms with E-state index in [0.717, 1.165) is 26.1 Å². The first-order valence-electron chi connectivity index (χ1n) is 6.06. The number of nitrogens with one attached hydrogen (secondary N) is 1. The van der Waals surface area contributed by atoms with Gasteiger partial charge in [0.2, 0.25) is 0 Å². The average molecular weight is 216 g/mol. The lowest BCUT2D eigenvalue weighted by Gasteiger charge is -2.20. The Kier molecular flexibility index (Phi) is 9.06. The van der Waals surface area contributed by atoms with Crippen LogP contribution in [0.4, 0.5) is 0 Å². The van der Waals surface area contributed by atoms with Crippen LogP contribution in [0.5, 0.6) is 0 Å². The molecule has 92 valence electrons. The maximum Gasteiger partial charge on any atom is 0.0700 e. The summed E-state index contributed by atoms with van der Waals surface area (Å²) in [6, 6.07) is 0.543. The van der Waals surface area contributed by atoms with Crippen LogP contribution in [0.15, 0.2) is 0 Å². The molecule has 0 amide bonds. The zero-order chi connectivity index (χ0) is 11.7. The van der Waals surface area contributed by atoms with E-state index in [4.69, 9.17) is 4.74 Å². The molecule has 0 aliphatic carbocycles. The van der Waals surface area contributed by atoms with Crippen molar-refractivity contribution in [1.29, 1.82) is 0 Å². The second-order valence-electron chi connectivity index (χ2n) is 4.65. The first kappa shape index (κ1) is 14.9. The molecule has 0 heterocycles. The van der Waals surface area contributed by atoms with Crippen molar-refractivity contribution < 1.29 is 4.74 Å². The molecule has 3 heteroatoms. The molecule has 0 rings (SSSR count). The molecule has 0 aromatic heterocycles. The van der Waals surface area contributed by atoms with Crippen molar-refractivity contribution in [3.05, 3.63) is 0 Å². The van der Waals surface area contributed by atoms with Crippen LogP contribution in [-0.2, 0) is 4.74 Å².